The molecule has 4 aromatic heterocycles. The Balaban J connectivity index is 0.000000223. The third-order valence-corrected chi connectivity index (χ3v) is 9.97. The van der Waals surface area contributed by atoms with Crippen LogP contribution in [-0.4, -0.2) is 65.8 Å². The van der Waals surface area contributed by atoms with Crippen molar-refractivity contribution in [3.8, 4) is 23.0 Å². The summed E-state index contributed by atoms with van der Waals surface area (Å²) in [7, 11) is 3.59. The number of amides is 2. The van der Waals surface area contributed by atoms with Crippen LogP contribution in [0.5, 0.6) is 23.0 Å². The summed E-state index contributed by atoms with van der Waals surface area (Å²) < 4.78 is 92.1. The van der Waals surface area contributed by atoms with Gasteiger partial charge in [-0.1, -0.05) is 13.8 Å². The van der Waals surface area contributed by atoms with Crippen LogP contribution in [0.4, 0.5) is 61.2 Å². The van der Waals surface area contributed by atoms with Gasteiger partial charge in [0.15, 0.2) is 0 Å². The normalized spacial score (nSPS) is 11.3. The average Bonchev–Trinajstić information content (AvgIpc) is 3.80. The Morgan fingerprint density at radius 1 is 0.589 bits per heavy atom. The number of ether oxygens (including phenoxy) is 2. The second-order valence-electron chi connectivity index (χ2n) is 16.4. The first-order valence-corrected chi connectivity index (χ1v) is 22.1. The second kappa shape index (κ2) is 23.6. The molecule has 0 radical (unpaired) electrons. The third kappa shape index (κ3) is 15.5. The molecule has 7 N–H and O–H groups in total. The van der Waals surface area contributed by atoms with E-state index in [-0.39, 0.29) is 36.7 Å². The Kier molecular flexibility index (Phi) is 17.4. The van der Waals surface area contributed by atoms with Gasteiger partial charge < -0.3 is 55.7 Å². The van der Waals surface area contributed by atoms with Gasteiger partial charge in [0, 0.05) is 68.2 Å². The number of pyridine rings is 2. The van der Waals surface area contributed by atoms with Crippen molar-refractivity contribution in [3.63, 3.8) is 0 Å². The summed E-state index contributed by atoms with van der Waals surface area (Å²) in [6, 6.07) is 26.8. The fraction of sp³-hybridized carbons (Fsp3) is 0.220. The van der Waals surface area contributed by atoms with Crippen LogP contribution >= 0.6 is 0 Å². The van der Waals surface area contributed by atoms with E-state index in [4.69, 9.17) is 15.2 Å². The van der Waals surface area contributed by atoms with Crippen LogP contribution in [0.3, 0.4) is 0 Å². The van der Waals surface area contributed by atoms with Gasteiger partial charge >= 0.3 is 12.4 Å². The number of aryl methyl sites for hydroxylation is 2. The van der Waals surface area contributed by atoms with E-state index in [9.17, 15) is 40.7 Å². The Morgan fingerprint density at radius 3 is 1.34 bits per heavy atom. The Labute approximate surface area is 414 Å². The molecule has 17 nitrogen and oxygen atoms in total. The molecule has 0 saturated heterocycles. The van der Waals surface area contributed by atoms with Crippen LogP contribution in [0.25, 0.3) is 22.1 Å². The predicted octanol–water partition coefficient (Wildman–Crippen LogP) is 10.5. The first-order chi connectivity index (χ1) is 34.5. The molecule has 0 spiro atoms. The monoisotopic (exact) mass is 1010 g/mol. The molecule has 8 aromatic rings. The minimum absolute atomic E-state index is 0.161. The van der Waals surface area contributed by atoms with Crippen molar-refractivity contribution in [2.45, 2.75) is 46.1 Å². The Morgan fingerprint density at radius 2 is 0.973 bits per heavy atom. The lowest BCUT2D eigenvalue weighted by Crippen LogP contribution is -2.32. The number of aromatic nitrogens is 6. The molecule has 4 heterocycles. The quantitative estimate of drug-likeness (QED) is 0.0560. The zero-order chi connectivity index (χ0) is 53.0. The molecule has 0 bridgehead atoms. The summed E-state index contributed by atoms with van der Waals surface area (Å²) >= 11 is 0. The number of hydrogen-bond donors (Lipinski definition) is 6. The maximum Gasteiger partial charge on any atom is 0.416 e. The number of rotatable bonds is 14. The van der Waals surface area contributed by atoms with Crippen LogP contribution in [0.2, 0.25) is 0 Å². The highest BCUT2D eigenvalue weighted by Gasteiger charge is 2.31. The first-order valence-electron chi connectivity index (χ1n) is 22.1. The topological polar surface area (TPSA) is 217 Å². The van der Waals surface area contributed by atoms with E-state index in [0.717, 1.165) is 35.3 Å². The van der Waals surface area contributed by atoms with Crippen LogP contribution in [0, 0.1) is 0 Å². The number of halogens is 6. The summed E-state index contributed by atoms with van der Waals surface area (Å²) in [5.41, 5.74) is 7.65. The van der Waals surface area contributed by atoms with Crippen molar-refractivity contribution in [3.05, 3.63) is 133 Å². The smallest absolute Gasteiger partial charge is 0.416 e. The third-order valence-electron chi connectivity index (χ3n) is 9.97. The number of imidazole rings is 2. The van der Waals surface area contributed by atoms with Gasteiger partial charge in [-0.05, 0) is 98.8 Å². The Bertz CT molecular complexity index is 3190. The lowest BCUT2D eigenvalue weighted by molar-refractivity contribution is -0.138. The van der Waals surface area contributed by atoms with E-state index in [2.05, 4.69) is 46.5 Å². The van der Waals surface area contributed by atoms with Gasteiger partial charge in [0.25, 0.3) is 0 Å². The fourth-order valence-corrected chi connectivity index (χ4v) is 6.49. The molecule has 0 aliphatic rings. The molecule has 2 amide bonds. The number of carbonyl (C=O) groups is 3. The van der Waals surface area contributed by atoms with Crippen LogP contribution < -0.4 is 41.8 Å². The van der Waals surface area contributed by atoms with Crippen molar-refractivity contribution in [2.24, 2.45) is 19.8 Å². The highest BCUT2D eigenvalue weighted by atomic mass is 19.4. The van der Waals surface area contributed by atoms with Gasteiger partial charge in [-0.3, -0.25) is 9.59 Å². The lowest BCUT2D eigenvalue weighted by Gasteiger charge is -2.10. The molecule has 0 saturated carbocycles. The summed E-state index contributed by atoms with van der Waals surface area (Å²) in [4.78, 5) is 50.2. The zero-order valence-corrected chi connectivity index (χ0v) is 40.1. The molecular weight excluding hydrogens is 963 g/mol. The van der Waals surface area contributed by atoms with Crippen LogP contribution in [0.1, 0.15) is 38.8 Å². The largest absolute Gasteiger partial charge is 0.457 e. The van der Waals surface area contributed by atoms with Gasteiger partial charge in [-0.25, -0.2) is 19.9 Å². The number of anilines is 6. The van der Waals surface area contributed by atoms with Gasteiger partial charge in [0.05, 0.1) is 46.3 Å². The van der Waals surface area contributed by atoms with Crippen molar-refractivity contribution in [1.82, 2.24) is 34.4 Å². The van der Waals surface area contributed by atoms with Gasteiger partial charge in [0.1, 0.15) is 40.4 Å². The van der Waals surface area contributed by atoms with Gasteiger partial charge in [-0.2, -0.15) is 26.3 Å². The molecule has 0 unspecified atom stereocenters. The molecule has 4 aromatic carbocycles. The first kappa shape index (κ1) is 53.8. The molecule has 8 rings (SSSR count). The van der Waals surface area contributed by atoms with E-state index in [1.54, 1.807) is 71.8 Å². The summed E-state index contributed by atoms with van der Waals surface area (Å²) in [5, 5.41) is 14.4. The maximum absolute atomic E-state index is 12.8. The van der Waals surface area contributed by atoms with E-state index < -0.39 is 23.5 Å². The van der Waals surface area contributed by atoms with E-state index in [0.29, 0.717) is 68.9 Å². The molecule has 23 heteroatoms. The van der Waals surface area contributed by atoms with E-state index in [1.165, 1.54) is 50.5 Å². The molecule has 382 valence electrons. The standard InChI is InChI=1S/C25H25F3N6O2.C22H19F3N6O2.C3H6O/c1-15(2)30-14-23(35)33-22-13-19(10-11-29-22)36-18-8-9-21-20(12-18)32-24(34(21)3)31-17-6-4-16(5-7-17)25(26,27)28;1-31-18-7-6-15(33-16-8-9-27-19(11-16)30-20(32)12-26)10-17(18)29-21(31)28-14-4-2-13(3-5-14)22(23,24)25;1-3(2)4/h4-13,15,30H,14H2,1-3H3,(H,31,32)(H,29,33,35);2-11H,12,26H2,1H3,(H,28,29)(H,27,30,32);1-2H3. The summed E-state index contributed by atoms with van der Waals surface area (Å²) in [6.45, 7) is 6.97. The zero-order valence-electron chi connectivity index (χ0n) is 40.1. The van der Waals surface area contributed by atoms with Crippen molar-refractivity contribution in [1.29, 1.82) is 0 Å². The number of benzene rings is 4. The van der Waals surface area contributed by atoms with E-state index in [1.807, 2.05) is 26.0 Å². The molecular formula is C50H50F6N12O5. The van der Waals surface area contributed by atoms with Gasteiger partial charge in [0.2, 0.25) is 23.7 Å². The SMILES string of the molecule is CC(C)=O.CC(C)NCC(=O)Nc1cc(Oc2ccc3c(c2)nc(Nc2ccc(C(F)(F)F)cc2)n3C)ccn1.Cn1c(Nc2ccc(C(F)(F)F)cc2)nc2cc(Oc3ccnc(NC(=O)CN)c3)ccc21. The second-order valence-corrected chi connectivity index (χ2v) is 16.4. The average molecular weight is 1010 g/mol. The highest BCUT2D eigenvalue weighted by Crippen LogP contribution is 2.34. The van der Waals surface area contributed by atoms with Crippen LogP contribution in [0.15, 0.2) is 122 Å². The molecule has 0 atom stereocenters. The highest BCUT2D eigenvalue weighted by molar-refractivity contribution is 5.92. The number of hydrogen-bond acceptors (Lipinski definition) is 13. The van der Waals surface area contributed by atoms with Crippen molar-refractivity contribution in [2.75, 3.05) is 34.4 Å². The number of alkyl halides is 6. The maximum atomic E-state index is 12.8. The Hall–Kier alpha value is -8.57. The van der Waals surface area contributed by atoms with Crippen molar-refractivity contribution >= 4 is 74.6 Å². The summed E-state index contributed by atoms with van der Waals surface area (Å²) in [5.74, 6) is 3.14. The number of carbonyl (C=O) groups excluding carboxylic acids is 3. The lowest BCUT2D eigenvalue weighted by atomic mass is 10.2. The fourth-order valence-electron chi connectivity index (χ4n) is 6.49. The number of fused-ring (bicyclic) bond motifs is 2. The van der Waals surface area contributed by atoms with Gasteiger partial charge in [-0.15, -0.1) is 0 Å². The minimum Gasteiger partial charge on any atom is -0.457 e. The van der Waals surface area contributed by atoms with E-state index >= 15 is 0 Å². The summed E-state index contributed by atoms with van der Waals surface area (Å²) in [6.07, 6.45) is -5.75. The molecule has 0 aliphatic heterocycles. The predicted molar refractivity (Wildman–Crippen MR) is 265 cm³/mol. The number of Topliss-reactive ketones (excluding diaryl/α,β-unsaturated/α-hetero) is 1. The number of nitrogens with two attached hydrogens (primary N) is 1. The minimum atomic E-state index is -4.39. The molecule has 0 fully saturated rings. The number of nitrogens with zero attached hydrogens (tertiary/aromatic N) is 6. The number of nitrogens with one attached hydrogen (secondary N) is 5. The number of ketones is 1. The van der Waals surface area contributed by atoms with Crippen molar-refractivity contribution < 1.29 is 50.2 Å². The molecule has 0 aliphatic carbocycles. The molecule has 73 heavy (non-hydrogen) atoms. The van der Waals surface area contributed by atoms with Crippen LogP contribution in [-0.2, 0) is 40.8 Å².